The highest BCUT2D eigenvalue weighted by Gasteiger charge is 2.15. The molecule has 0 aromatic carbocycles. The van der Waals surface area contributed by atoms with Crippen molar-refractivity contribution in [1.29, 1.82) is 0 Å². The van der Waals surface area contributed by atoms with Gasteiger partial charge in [-0.2, -0.15) is 0 Å². The lowest BCUT2D eigenvalue weighted by Gasteiger charge is -2.10. The Morgan fingerprint density at radius 2 is 2.06 bits per heavy atom. The topological polar surface area (TPSA) is 105 Å². The zero-order valence-electron chi connectivity index (χ0n) is 10.1. The second-order valence-corrected chi connectivity index (χ2v) is 4.12. The van der Waals surface area contributed by atoms with Gasteiger partial charge in [0.2, 0.25) is 5.91 Å². The number of carbonyl (C=O) groups excluding carboxylic acids is 2. The van der Waals surface area contributed by atoms with E-state index in [1.165, 1.54) is 0 Å². The van der Waals surface area contributed by atoms with Crippen LogP contribution in [-0.2, 0) is 14.3 Å². The lowest BCUT2D eigenvalue weighted by atomic mass is 10.2. The van der Waals surface area contributed by atoms with Crippen LogP contribution in [0.4, 0.5) is 4.79 Å². The van der Waals surface area contributed by atoms with E-state index < -0.39 is 17.9 Å². The molecule has 1 heterocycles. The highest BCUT2D eigenvalue weighted by atomic mass is 16.5. The molecule has 1 aliphatic rings. The Kier molecular flexibility index (Phi) is 6.13. The molecule has 0 aromatic heterocycles. The number of hydrogen-bond donors (Lipinski definition) is 3. The van der Waals surface area contributed by atoms with Crippen LogP contribution >= 0.6 is 0 Å². The van der Waals surface area contributed by atoms with Gasteiger partial charge >= 0.3 is 12.0 Å². The van der Waals surface area contributed by atoms with E-state index in [1.807, 2.05) is 0 Å². The minimum atomic E-state index is -1.07. The largest absolute Gasteiger partial charge is 0.481 e. The molecule has 1 rings (SSSR count). The highest BCUT2D eigenvalue weighted by Crippen LogP contribution is 2.14. The maximum atomic E-state index is 11.2. The summed E-state index contributed by atoms with van der Waals surface area (Å²) in [6, 6.07) is -0.594. The van der Waals surface area contributed by atoms with Gasteiger partial charge in [-0.3, -0.25) is 14.9 Å². The number of hydrogen-bond acceptors (Lipinski definition) is 4. The molecule has 0 bridgehead atoms. The third-order valence-corrected chi connectivity index (χ3v) is 2.59. The maximum absolute atomic E-state index is 11.2. The molecule has 3 amide bonds. The van der Waals surface area contributed by atoms with Gasteiger partial charge in [0.1, 0.15) is 0 Å². The number of aliphatic carboxylic acids is 1. The Morgan fingerprint density at radius 3 is 2.67 bits per heavy atom. The standard InChI is InChI=1S/C11H18N2O5/c14-9(3-4-10(15)16)13-11(17)12-6-5-8-2-1-7-18-8/h8H,1-7H2,(H,15,16)(H2,12,13,14,17). The second kappa shape index (κ2) is 7.65. The number of ether oxygens (including phenoxy) is 1. The molecule has 1 saturated heterocycles. The van der Waals surface area contributed by atoms with Gasteiger partial charge in [0.25, 0.3) is 0 Å². The molecule has 0 radical (unpaired) electrons. The molecule has 0 spiro atoms. The molecular weight excluding hydrogens is 240 g/mol. The van der Waals surface area contributed by atoms with E-state index in [2.05, 4.69) is 10.6 Å². The minimum absolute atomic E-state index is 0.188. The lowest BCUT2D eigenvalue weighted by molar-refractivity contribution is -0.138. The maximum Gasteiger partial charge on any atom is 0.321 e. The fourth-order valence-electron chi connectivity index (χ4n) is 1.67. The van der Waals surface area contributed by atoms with Gasteiger partial charge in [-0.15, -0.1) is 0 Å². The average molecular weight is 258 g/mol. The third-order valence-electron chi connectivity index (χ3n) is 2.59. The quantitative estimate of drug-likeness (QED) is 0.633. The van der Waals surface area contributed by atoms with Crippen LogP contribution in [0.2, 0.25) is 0 Å². The number of carboxylic acid groups (broad SMARTS) is 1. The number of rotatable bonds is 6. The van der Waals surface area contributed by atoms with Crippen LogP contribution in [0.3, 0.4) is 0 Å². The first-order valence-electron chi connectivity index (χ1n) is 5.99. The van der Waals surface area contributed by atoms with E-state index in [4.69, 9.17) is 9.84 Å². The summed E-state index contributed by atoms with van der Waals surface area (Å²) in [4.78, 5) is 32.6. The molecule has 1 unspecified atom stereocenters. The predicted molar refractivity (Wildman–Crippen MR) is 62.0 cm³/mol. The molecule has 18 heavy (non-hydrogen) atoms. The summed E-state index contributed by atoms with van der Waals surface area (Å²) < 4.78 is 5.38. The molecule has 7 heteroatoms. The summed E-state index contributed by atoms with van der Waals surface area (Å²) in [6.45, 7) is 1.20. The molecule has 1 atom stereocenters. The number of carbonyl (C=O) groups is 3. The summed E-state index contributed by atoms with van der Waals surface area (Å²) in [5.74, 6) is -1.66. The number of imide groups is 1. The number of urea groups is 1. The van der Waals surface area contributed by atoms with Crippen molar-refractivity contribution in [3.05, 3.63) is 0 Å². The first-order valence-corrected chi connectivity index (χ1v) is 5.99. The molecule has 1 fully saturated rings. The van der Waals surface area contributed by atoms with Crippen molar-refractivity contribution in [2.24, 2.45) is 0 Å². The molecule has 0 aliphatic carbocycles. The van der Waals surface area contributed by atoms with Crippen molar-refractivity contribution in [2.45, 2.75) is 38.2 Å². The zero-order chi connectivity index (χ0) is 13.4. The van der Waals surface area contributed by atoms with Gasteiger partial charge in [0, 0.05) is 19.6 Å². The molecule has 0 aromatic rings. The van der Waals surface area contributed by atoms with E-state index >= 15 is 0 Å². The van der Waals surface area contributed by atoms with Crippen LogP contribution in [0.5, 0.6) is 0 Å². The Balaban J connectivity index is 2.05. The Hall–Kier alpha value is -1.63. The monoisotopic (exact) mass is 258 g/mol. The normalized spacial score (nSPS) is 18.3. The molecular formula is C11H18N2O5. The van der Waals surface area contributed by atoms with Gasteiger partial charge in [0.15, 0.2) is 0 Å². The average Bonchev–Trinajstić information content (AvgIpc) is 2.79. The van der Waals surface area contributed by atoms with Crippen LogP contribution in [0.15, 0.2) is 0 Å². The lowest BCUT2D eigenvalue weighted by Crippen LogP contribution is -2.40. The Bertz CT molecular complexity index is 313. The van der Waals surface area contributed by atoms with E-state index in [-0.39, 0.29) is 18.9 Å². The van der Waals surface area contributed by atoms with Crippen LogP contribution in [0.25, 0.3) is 0 Å². The smallest absolute Gasteiger partial charge is 0.321 e. The predicted octanol–water partition coefficient (Wildman–Crippen LogP) is 0.246. The van der Waals surface area contributed by atoms with Crippen molar-refractivity contribution in [2.75, 3.05) is 13.2 Å². The summed E-state index contributed by atoms with van der Waals surface area (Å²) in [7, 11) is 0. The molecule has 102 valence electrons. The van der Waals surface area contributed by atoms with Gasteiger partial charge in [0.05, 0.1) is 12.5 Å². The summed E-state index contributed by atoms with van der Waals surface area (Å²) >= 11 is 0. The SMILES string of the molecule is O=C(O)CCC(=O)NC(=O)NCCC1CCCO1. The first kappa shape index (κ1) is 14.4. The Labute approximate surface area is 105 Å². The molecule has 3 N–H and O–H groups in total. The summed E-state index contributed by atoms with van der Waals surface area (Å²) in [5, 5.41) is 13.0. The van der Waals surface area contributed by atoms with Crippen molar-refractivity contribution < 1.29 is 24.2 Å². The van der Waals surface area contributed by atoms with E-state index in [0.717, 1.165) is 25.9 Å². The van der Waals surface area contributed by atoms with E-state index in [1.54, 1.807) is 0 Å². The molecule has 0 saturated carbocycles. The third kappa shape index (κ3) is 6.19. The number of amides is 3. The van der Waals surface area contributed by atoms with E-state index in [0.29, 0.717) is 6.54 Å². The fourth-order valence-corrected chi connectivity index (χ4v) is 1.67. The number of nitrogens with one attached hydrogen (secondary N) is 2. The van der Waals surface area contributed by atoms with Crippen molar-refractivity contribution in [3.63, 3.8) is 0 Å². The van der Waals surface area contributed by atoms with Crippen LogP contribution in [-0.4, -0.2) is 42.3 Å². The highest BCUT2D eigenvalue weighted by molar-refractivity contribution is 5.95. The minimum Gasteiger partial charge on any atom is -0.481 e. The van der Waals surface area contributed by atoms with Crippen molar-refractivity contribution in [3.8, 4) is 0 Å². The van der Waals surface area contributed by atoms with Gasteiger partial charge < -0.3 is 15.2 Å². The van der Waals surface area contributed by atoms with E-state index in [9.17, 15) is 14.4 Å². The number of carboxylic acids is 1. The molecule has 7 nitrogen and oxygen atoms in total. The van der Waals surface area contributed by atoms with Crippen LogP contribution in [0.1, 0.15) is 32.1 Å². The second-order valence-electron chi connectivity index (χ2n) is 4.12. The Morgan fingerprint density at radius 1 is 1.28 bits per heavy atom. The van der Waals surface area contributed by atoms with Crippen LogP contribution in [0, 0.1) is 0 Å². The van der Waals surface area contributed by atoms with Gasteiger partial charge in [-0.25, -0.2) is 4.79 Å². The molecule has 1 aliphatic heterocycles. The van der Waals surface area contributed by atoms with Gasteiger partial charge in [-0.1, -0.05) is 0 Å². The van der Waals surface area contributed by atoms with Gasteiger partial charge in [-0.05, 0) is 19.3 Å². The van der Waals surface area contributed by atoms with Crippen molar-refractivity contribution >= 4 is 17.9 Å². The van der Waals surface area contributed by atoms with Crippen LogP contribution < -0.4 is 10.6 Å². The first-order chi connectivity index (χ1) is 8.58. The fraction of sp³-hybridized carbons (Fsp3) is 0.727. The zero-order valence-corrected chi connectivity index (χ0v) is 10.1. The summed E-state index contributed by atoms with van der Waals surface area (Å²) in [5.41, 5.74) is 0. The van der Waals surface area contributed by atoms with Crippen molar-refractivity contribution in [1.82, 2.24) is 10.6 Å². The summed E-state index contributed by atoms with van der Waals surface area (Å²) in [6.07, 6.45) is 2.47.